The molecule has 0 amide bonds. The van der Waals surface area contributed by atoms with Crippen molar-refractivity contribution in [2.75, 3.05) is 6.61 Å². The van der Waals surface area contributed by atoms with Crippen LogP contribution in [0.2, 0.25) is 0 Å². The van der Waals surface area contributed by atoms with E-state index in [2.05, 4.69) is 35.6 Å². The Kier molecular flexibility index (Phi) is 7.91. The highest BCUT2D eigenvalue weighted by Gasteiger charge is 2.34. The highest BCUT2D eigenvalue weighted by Crippen LogP contribution is 2.35. The molecule has 150 valence electrons. The molecule has 2 rings (SSSR count). The Balaban J connectivity index is 1.79. The fourth-order valence-electron chi connectivity index (χ4n) is 3.40. The van der Waals surface area contributed by atoms with Gasteiger partial charge in [0.25, 0.3) is 0 Å². The van der Waals surface area contributed by atoms with Gasteiger partial charge in [-0.1, -0.05) is 33.3 Å². The van der Waals surface area contributed by atoms with E-state index in [4.69, 9.17) is 9.47 Å². The minimum atomic E-state index is -1.02. The van der Waals surface area contributed by atoms with Crippen LogP contribution in [0, 0.1) is 17.8 Å². The van der Waals surface area contributed by atoms with E-state index in [1.165, 1.54) is 12.1 Å². The number of hydrogen-bond acceptors (Lipinski definition) is 7. The standard InChI is InChI=1S/C20H28O7/c1-5-23-16-8-6-7-15(12-16)19(21)25-27-26-20(22)24-18-11-14(4)9-10-17(18)13(2)3/h6-8,12-14,17-18H,5,9-11H2,1-4H3. The SMILES string of the molecule is CCOc1cccc(C(=O)OOOC(=O)OC2CC(C)CCC2C(C)C)c1. The van der Waals surface area contributed by atoms with Gasteiger partial charge in [0.2, 0.25) is 0 Å². The number of carbonyl (C=O) groups is 2. The molecule has 27 heavy (non-hydrogen) atoms. The van der Waals surface area contributed by atoms with Gasteiger partial charge in [-0.25, -0.2) is 14.5 Å². The van der Waals surface area contributed by atoms with Crippen molar-refractivity contribution in [3.8, 4) is 5.75 Å². The zero-order valence-corrected chi connectivity index (χ0v) is 16.3. The van der Waals surface area contributed by atoms with E-state index < -0.39 is 12.1 Å². The molecule has 1 aromatic carbocycles. The van der Waals surface area contributed by atoms with Gasteiger partial charge in [0.1, 0.15) is 11.9 Å². The molecular formula is C20H28O7. The molecule has 0 aliphatic heterocycles. The fraction of sp³-hybridized carbons (Fsp3) is 0.600. The van der Waals surface area contributed by atoms with Crippen LogP contribution in [0.25, 0.3) is 0 Å². The van der Waals surface area contributed by atoms with Gasteiger partial charge in [-0.3, -0.25) is 4.89 Å². The molecule has 3 atom stereocenters. The van der Waals surface area contributed by atoms with Crippen LogP contribution < -0.4 is 4.74 Å². The van der Waals surface area contributed by atoms with Crippen molar-refractivity contribution in [2.45, 2.75) is 53.1 Å². The second-order valence-corrected chi connectivity index (χ2v) is 7.22. The topological polar surface area (TPSA) is 80.3 Å². The number of ether oxygens (including phenoxy) is 2. The summed E-state index contributed by atoms with van der Waals surface area (Å²) >= 11 is 0. The third-order valence-electron chi connectivity index (χ3n) is 4.80. The summed E-state index contributed by atoms with van der Waals surface area (Å²) in [7, 11) is 0. The summed E-state index contributed by atoms with van der Waals surface area (Å²) in [5, 5.41) is 4.31. The summed E-state index contributed by atoms with van der Waals surface area (Å²) in [6, 6.07) is 6.39. The first-order valence-electron chi connectivity index (χ1n) is 9.39. The van der Waals surface area contributed by atoms with Gasteiger partial charge in [-0.05, 0) is 55.7 Å². The molecule has 1 aliphatic rings. The summed E-state index contributed by atoms with van der Waals surface area (Å²) in [6.45, 7) is 8.66. The van der Waals surface area contributed by atoms with Crippen LogP contribution in [0.3, 0.4) is 0 Å². The van der Waals surface area contributed by atoms with Crippen LogP contribution in [0.15, 0.2) is 24.3 Å². The van der Waals surface area contributed by atoms with E-state index >= 15 is 0 Å². The molecule has 3 unspecified atom stereocenters. The number of rotatable bonds is 7. The zero-order chi connectivity index (χ0) is 19.8. The molecule has 0 aromatic heterocycles. The molecule has 0 saturated heterocycles. The molecule has 0 heterocycles. The van der Waals surface area contributed by atoms with Crippen molar-refractivity contribution >= 4 is 12.1 Å². The molecule has 1 aliphatic carbocycles. The maximum absolute atomic E-state index is 11.9. The smallest absolute Gasteiger partial charge is 0.494 e. The molecule has 0 N–H and O–H groups in total. The molecule has 1 aromatic rings. The first-order chi connectivity index (χ1) is 12.9. The largest absolute Gasteiger partial charge is 0.543 e. The minimum absolute atomic E-state index is 0.207. The van der Waals surface area contributed by atoms with Gasteiger partial charge in [0, 0.05) is 0 Å². The van der Waals surface area contributed by atoms with Gasteiger partial charge < -0.3 is 9.47 Å². The summed E-state index contributed by atoms with van der Waals surface area (Å²) in [5.41, 5.74) is 0.207. The van der Waals surface area contributed by atoms with E-state index in [-0.39, 0.29) is 17.6 Å². The Morgan fingerprint density at radius 2 is 1.96 bits per heavy atom. The molecule has 1 fully saturated rings. The lowest BCUT2D eigenvalue weighted by molar-refractivity contribution is -0.453. The van der Waals surface area contributed by atoms with E-state index in [9.17, 15) is 9.59 Å². The summed E-state index contributed by atoms with van der Waals surface area (Å²) in [4.78, 5) is 32.7. The van der Waals surface area contributed by atoms with Crippen LogP contribution in [-0.2, 0) is 19.6 Å². The van der Waals surface area contributed by atoms with Crippen LogP contribution in [0.4, 0.5) is 4.79 Å². The molecule has 0 spiro atoms. The van der Waals surface area contributed by atoms with Crippen molar-refractivity contribution in [1.29, 1.82) is 0 Å². The first-order valence-corrected chi connectivity index (χ1v) is 9.39. The average molecular weight is 380 g/mol. The van der Waals surface area contributed by atoms with Gasteiger partial charge in [-0.2, -0.15) is 0 Å². The van der Waals surface area contributed by atoms with E-state index in [1.807, 2.05) is 6.92 Å². The van der Waals surface area contributed by atoms with Crippen molar-refractivity contribution in [2.24, 2.45) is 17.8 Å². The number of hydrogen-bond donors (Lipinski definition) is 0. The summed E-state index contributed by atoms with van der Waals surface area (Å²) < 4.78 is 10.7. The lowest BCUT2D eigenvalue weighted by atomic mass is 9.75. The second-order valence-electron chi connectivity index (χ2n) is 7.22. The number of carbonyl (C=O) groups excluding carboxylic acids is 2. The lowest BCUT2D eigenvalue weighted by Crippen LogP contribution is -2.36. The average Bonchev–Trinajstić information content (AvgIpc) is 2.62. The van der Waals surface area contributed by atoms with E-state index in [0.29, 0.717) is 24.2 Å². The van der Waals surface area contributed by atoms with Crippen molar-refractivity contribution in [1.82, 2.24) is 0 Å². The Bertz CT molecular complexity index is 629. The number of benzene rings is 1. The van der Waals surface area contributed by atoms with Crippen molar-refractivity contribution < 1.29 is 33.9 Å². The highest BCUT2D eigenvalue weighted by atomic mass is 17.5. The Hall–Kier alpha value is -2.28. The normalized spacial score (nSPS) is 22.2. The lowest BCUT2D eigenvalue weighted by Gasteiger charge is -2.36. The molecule has 7 heteroatoms. The Labute approximate surface area is 159 Å². The van der Waals surface area contributed by atoms with Crippen LogP contribution in [-0.4, -0.2) is 24.8 Å². The maximum atomic E-state index is 11.9. The molecule has 7 nitrogen and oxygen atoms in total. The van der Waals surface area contributed by atoms with Gasteiger partial charge >= 0.3 is 12.1 Å². The van der Waals surface area contributed by atoms with Gasteiger partial charge in [0.15, 0.2) is 0 Å². The quantitative estimate of drug-likeness (QED) is 0.385. The third kappa shape index (κ3) is 6.43. The molecule has 1 saturated carbocycles. The van der Waals surface area contributed by atoms with E-state index in [1.54, 1.807) is 12.1 Å². The molecule has 0 radical (unpaired) electrons. The summed E-state index contributed by atoms with van der Waals surface area (Å²) in [5.74, 6) is 0.868. The molecular weight excluding hydrogens is 352 g/mol. The third-order valence-corrected chi connectivity index (χ3v) is 4.80. The van der Waals surface area contributed by atoms with Gasteiger partial charge in [0.05, 0.1) is 17.2 Å². The van der Waals surface area contributed by atoms with E-state index in [0.717, 1.165) is 19.3 Å². The predicted molar refractivity (Wildman–Crippen MR) is 96.8 cm³/mol. The van der Waals surface area contributed by atoms with Crippen LogP contribution in [0.5, 0.6) is 5.75 Å². The fourth-order valence-corrected chi connectivity index (χ4v) is 3.40. The first kappa shape index (κ1) is 21.0. The highest BCUT2D eigenvalue weighted by molar-refractivity contribution is 5.89. The minimum Gasteiger partial charge on any atom is -0.494 e. The van der Waals surface area contributed by atoms with Crippen molar-refractivity contribution in [3.63, 3.8) is 0 Å². The molecule has 0 bridgehead atoms. The Morgan fingerprint density at radius 3 is 2.67 bits per heavy atom. The summed E-state index contributed by atoms with van der Waals surface area (Å²) in [6.07, 6.45) is 1.65. The monoisotopic (exact) mass is 380 g/mol. The maximum Gasteiger partial charge on any atom is 0.543 e. The van der Waals surface area contributed by atoms with Crippen LogP contribution in [0.1, 0.15) is 57.3 Å². The van der Waals surface area contributed by atoms with Gasteiger partial charge in [-0.15, -0.1) is 0 Å². The Morgan fingerprint density at radius 1 is 1.19 bits per heavy atom. The predicted octanol–water partition coefficient (Wildman–Crippen LogP) is 4.70. The zero-order valence-electron chi connectivity index (χ0n) is 16.3. The van der Waals surface area contributed by atoms with Crippen molar-refractivity contribution in [3.05, 3.63) is 29.8 Å². The second kappa shape index (κ2) is 10.2. The van der Waals surface area contributed by atoms with Crippen LogP contribution >= 0.6 is 0 Å².